The molecule has 0 atom stereocenters. The van der Waals surface area contributed by atoms with Crippen molar-refractivity contribution in [2.45, 2.75) is 66.2 Å². The maximum Gasteiger partial charge on any atom is 0.0641 e. The van der Waals surface area contributed by atoms with Crippen LogP contribution < -0.4 is 0 Å². The summed E-state index contributed by atoms with van der Waals surface area (Å²) in [5.74, 6) is 0. The molecule has 0 aliphatic heterocycles. The Balaban J connectivity index is 4.12. The molecule has 0 fully saturated rings. The zero-order valence-electron chi connectivity index (χ0n) is 14.9. The Morgan fingerprint density at radius 2 is 1.23 bits per heavy atom. The van der Waals surface area contributed by atoms with Crippen LogP contribution in [0.1, 0.15) is 66.2 Å². The molecule has 2 N–H and O–H groups in total. The first-order valence-electron chi connectivity index (χ1n) is 8.33. The summed E-state index contributed by atoms with van der Waals surface area (Å²) >= 11 is 0. The SMILES string of the molecule is CC(C)=CCC/C(C)=C/CC/C(=C/CC/C(C)=C\CO)CO. The number of hydrogen-bond acceptors (Lipinski definition) is 2. The van der Waals surface area contributed by atoms with E-state index in [0.717, 1.165) is 44.1 Å². The van der Waals surface area contributed by atoms with Crippen molar-refractivity contribution in [1.29, 1.82) is 0 Å². The van der Waals surface area contributed by atoms with Gasteiger partial charge >= 0.3 is 0 Å². The van der Waals surface area contributed by atoms with E-state index in [-0.39, 0.29) is 13.2 Å². The quantitative estimate of drug-likeness (QED) is 0.522. The lowest BCUT2D eigenvalue weighted by molar-refractivity contribution is 0.326. The Labute approximate surface area is 137 Å². The van der Waals surface area contributed by atoms with Gasteiger partial charge in [0.2, 0.25) is 0 Å². The Morgan fingerprint density at radius 1 is 0.682 bits per heavy atom. The molecule has 0 aliphatic carbocycles. The summed E-state index contributed by atoms with van der Waals surface area (Å²) < 4.78 is 0. The summed E-state index contributed by atoms with van der Waals surface area (Å²) in [6.07, 6.45) is 14.6. The third-order valence-corrected chi connectivity index (χ3v) is 3.66. The number of aliphatic hydroxyl groups excluding tert-OH is 2. The van der Waals surface area contributed by atoms with Crippen LogP contribution in [-0.2, 0) is 0 Å². The van der Waals surface area contributed by atoms with Crippen LogP contribution in [0.15, 0.2) is 46.6 Å². The summed E-state index contributed by atoms with van der Waals surface area (Å²) in [7, 11) is 0. The van der Waals surface area contributed by atoms with Crippen molar-refractivity contribution in [2.24, 2.45) is 0 Å². The van der Waals surface area contributed by atoms with E-state index < -0.39 is 0 Å². The molecule has 22 heavy (non-hydrogen) atoms. The maximum absolute atomic E-state index is 9.41. The van der Waals surface area contributed by atoms with Gasteiger partial charge in [-0.15, -0.1) is 0 Å². The highest BCUT2D eigenvalue weighted by Crippen LogP contribution is 2.13. The van der Waals surface area contributed by atoms with Crippen LogP contribution in [0.2, 0.25) is 0 Å². The molecule has 0 spiro atoms. The van der Waals surface area contributed by atoms with Crippen LogP contribution in [0.4, 0.5) is 0 Å². The van der Waals surface area contributed by atoms with Gasteiger partial charge in [0.25, 0.3) is 0 Å². The van der Waals surface area contributed by atoms with E-state index in [4.69, 9.17) is 5.11 Å². The molecule has 2 heteroatoms. The van der Waals surface area contributed by atoms with E-state index in [1.807, 2.05) is 13.0 Å². The summed E-state index contributed by atoms with van der Waals surface area (Å²) in [6, 6.07) is 0. The van der Waals surface area contributed by atoms with Gasteiger partial charge in [-0.2, -0.15) is 0 Å². The van der Waals surface area contributed by atoms with Crippen molar-refractivity contribution in [3.63, 3.8) is 0 Å². The summed E-state index contributed by atoms with van der Waals surface area (Å²) in [5.41, 5.74) is 5.12. The standard InChI is InChI=1S/C20H34O2/c1-17(2)8-5-9-18(3)10-6-12-20(16-22)13-7-11-19(4)14-15-21/h8,10,13-14,21-22H,5-7,9,11-12,15-16H2,1-4H3/b18-10+,19-14-,20-13-. The Bertz CT molecular complexity index is 407. The lowest BCUT2D eigenvalue weighted by Crippen LogP contribution is -1.91. The van der Waals surface area contributed by atoms with Crippen LogP contribution in [0.3, 0.4) is 0 Å². The predicted octanol–water partition coefficient (Wildman–Crippen LogP) is 5.10. The molecule has 0 bridgehead atoms. The van der Waals surface area contributed by atoms with Gasteiger partial charge in [0.15, 0.2) is 0 Å². The molecule has 0 aliphatic rings. The smallest absolute Gasteiger partial charge is 0.0641 e. The average molecular weight is 306 g/mol. The molecule has 0 radical (unpaired) electrons. The van der Waals surface area contributed by atoms with Gasteiger partial charge in [-0.05, 0) is 71.8 Å². The highest BCUT2D eigenvalue weighted by atomic mass is 16.3. The van der Waals surface area contributed by atoms with Gasteiger partial charge in [0, 0.05) is 0 Å². The fourth-order valence-corrected chi connectivity index (χ4v) is 2.20. The second kappa shape index (κ2) is 13.5. The number of allylic oxidation sites excluding steroid dienone is 6. The largest absolute Gasteiger partial charge is 0.392 e. The highest BCUT2D eigenvalue weighted by molar-refractivity contribution is 5.08. The van der Waals surface area contributed by atoms with E-state index in [1.54, 1.807) is 0 Å². The van der Waals surface area contributed by atoms with E-state index in [9.17, 15) is 5.11 Å². The van der Waals surface area contributed by atoms with E-state index in [0.29, 0.717) is 0 Å². The molecule has 0 heterocycles. The van der Waals surface area contributed by atoms with Gasteiger partial charge < -0.3 is 10.2 Å². The first kappa shape index (κ1) is 20.9. The zero-order chi connectivity index (χ0) is 16.8. The van der Waals surface area contributed by atoms with Gasteiger partial charge in [0.05, 0.1) is 13.2 Å². The van der Waals surface area contributed by atoms with Gasteiger partial charge in [-0.1, -0.05) is 41.0 Å². The molecule has 0 rings (SSSR count). The molecule has 0 aromatic heterocycles. The lowest BCUT2D eigenvalue weighted by Gasteiger charge is -2.04. The average Bonchev–Trinajstić information content (AvgIpc) is 2.45. The third-order valence-electron chi connectivity index (χ3n) is 3.66. The molecule has 0 saturated carbocycles. The minimum absolute atomic E-state index is 0.110. The summed E-state index contributed by atoms with van der Waals surface area (Å²) in [4.78, 5) is 0. The fraction of sp³-hybridized carbons (Fsp3) is 0.600. The second-order valence-electron chi connectivity index (χ2n) is 6.20. The Kier molecular flexibility index (Phi) is 12.8. The Hall–Kier alpha value is -1.12. The van der Waals surface area contributed by atoms with Crippen molar-refractivity contribution in [1.82, 2.24) is 0 Å². The minimum atomic E-state index is 0.110. The molecular formula is C20H34O2. The van der Waals surface area contributed by atoms with Gasteiger partial charge in [-0.25, -0.2) is 0 Å². The van der Waals surface area contributed by atoms with Crippen molar-refractivity contribution in [3.05, 3.63) is 46.6 Å². The predicted molar refractivity (Wildman–Crippen MR) is 96.9 cm³/mol. The molecule has 0 aromatic rings. The number of aliphatic hydroxyl groups is 2. The molecule has 0 unspecified atom stereocenters. The monoisotopic (exact) mass is 306 g/mol. The zero-order valence-corrected chi connectivity index (χ0v) is 14.9. The summed E-state index contributed by atoms with van der Waals surface area (Å²) in [5, 5.41) is 18.2. The lowest BCUT2D eigenvalue weighted by atomic mass is 10.0. The van der Waals surface area contributed by atoms with Crippen LogP contribution in [0.25, 0.3) is 0 Å². The molecular weight excluding hydrogens is 272 g/mol. The van der Waals surface area contributed by atoms with Crippen molar-refractivity contribution in [3.8, 4) is 0 Å². The third kappa shape index (κ3) is 12.6. The van der Waals surface area contributed by atoms with Crippen LogP contribution in [0.5, 0.6) is 0 Å². The molecule has 2 nitrogen and oxygen atoms in total. The molecule has 0 saturated heterocycles. The van der Waals surface area contributed by atoms with Gasteiger partial charge in [0.1, 0.15) is 0 Å². The first-order valence-corrected chi connectivity index (χ1v) is 8.33. The van der Waals surface area contributed by atoms with Crippen LogP contribution >= 0.6 is 0 Å². The van der Waals surface area contributed by atoms with E-state index in [2.05, 4.69) is 39.0 Å². The van der Waals surface area contributed by atoms with Crippen LogP contribution in [0, 0.1) is 0 Å². The van der Waals surface area contributed by atoms with Crippen molar-refractivity contribution in [2.75, 3.05) is 13.2 Å². The normalized spacial score (nSPS) is 13.5. The van der Waals surface area contributed by atoms with Crippen molar-refractivity contribution >= 4 is 0 Å². The minimum Gasteiger partial charge on any atom is -0.392 e. The number of hydrogen-bond donors (Lipinski definition) is 2. The molecule has 0 amide bonds. The number of rotatable bonds is 11. The maximum atomic E-state index is 9.41. The van der Waals surface area contributed by atoms with Gasteiger partial charge in [-0.3, -0.25) is 0 Å². The van der Waals surface area contributed by atoms with Crippen LogP contribution in [-0.4, -0.2) is 23.4 Å². The second-order valence-corrected chi connectivity index (χ2v) is 6.20. The first-order chi connectivity index (χ1) is 10.5. The van der Waals surface area contributed by atoms with E-state index in [1.165, 1.54) is 16.7 Å². The molecule has 126 valence electrons. The fourth-order valence-electron chi connectivity index (χ4n) is 2.20. The van der Waals surface area contributed by atoms with E-state index >= 15 is 0 Å². The molecule has 0 aromatic carbocycles. The summed E-state index contributed by atoms with van der Waals surface area (Å²) in [6.45, 7) is 8.74. The van der Waals surface area contributed by atoms with Crippen molar-refractivity contribution < 1.29 is 10.2 Å². The highest BCUT2D eigenvalue weighted by Gasteiger charge is 1.96. The Morgan fingerprint density at radius 3 is 1.77 bits per heavy atom. The topological polar surface area (TPSA) is 40.5 Å².